The number of hydrogen-bond donors (Lipinski definition) is 1. The molecular formula is C34H48N2P+. The minimum absolute atomic E-state index is 0.0194. The van der Waals surface area contributed by atoms with E-state index in [1.807, 2.05) is 0 Å². The second kappa shape index (κ2) is 11.5. The summed E-state index contributed by atoms with van der Waals surface area (Å²) in [6, 6.07) is 26.8. The van der Waals surface area contributed by atoms with Gasteiger partial charge < -0.3 is 0 Å². The third-order valence-electron chi connectivity index (χ3n) is 6.75. The van der Waals surface area contributed by atoms with Crippen molar-refractivity contribution in [1.29, 1.82) is 0 Å². The molecule has 0 unspecified atom stereocenters. The molecule has 0 heterocycles. The number of amidine groups is 1. The Morgan fingerprint density at radius 2 is 1.16 bits per heavy atom. The summed E-state index contributed by atoms with van der Waals surface area (Å²) in [5.74, 6) is 1.17. The Hall–Kier alpha value is -2.44. The molecule has 0 aliphatic rings. The molecular weight excluding hydrogens is 467 g/mol. The summed E-state index contributed by atoms with van der Waals surface area (Å²) in [5.41, 5.74) is 8.74. The molecule has 0 bridgehead atoms. The average Bonchev–Trinajstić information content (AvgIpc) is 2.80. The molecule has 0 saturated carbocycles. The van der Waals surface area contributed by atoms with Crippen LogP contribution in [-0.2, 0) is 10.8 Å². The van der Waals surface area contributed by atoms with E-state index in [9.17, 15) is 0 Å². The maximum atomic E-state index is 4.02. The largest absolute Gasteiger partial charge is 0.289 e. The van der Waals surface area contributed by atoms with Crippen LogP contribution in [-0.4, -0.2) is 21.5 Å². The Morgan fingerprint density at radius 3 is 1.68 bits per heavy atom. The SMILES string of the molecule is Cc1ccc(C(Nc2ccccc2C(C)(C)C)=[N+](c2ccccc2C(C)(C)C)P(C(C)C)C(C)C)cc1. The van der Waals surface area contributed by atoms with Crippen molar-refractivity contribution in [2.24, 2.45) is 0 Å². The summed E-state index contributed by atoms with van der Waals surface area (Å²) >= 11 is 0. The van der Waals surface area contributed by atoms with Crippen LogP contribution in [0, 0.1) is 6.92 Å². The van der Waals surface area contributed by atoms with E-state index in [0.29, 0.717) is 11.3 Å². The lowest BCUT2D eigenvalue weighted by atomic mass is 9.85. The van der Waals surface area contributed by atoms with E-state index in [0.717, 1.165) is 0 Å². The summed E-state index contributed by atoms with van der Waals surface area (Å²) in [6.07, 6.45) is 0. The highest BCUT2D eigenvalue weighted by molar-refractivity contribution is 7.53. The lowest BCUT2D eigenvalue weighted by molar-refractivity contribution is -0.261. The van der Waals surface area contributed by atoms with E-state index in [4.69, 9.17) is 0 Å². The molecule has 3 heteroatoms. The molecule has 0 fully saturated rings. The average molecular weight is 516 g/mol. The zero-order valence-corrected chi connectivity index (χ0v) is 25.9. The summed E-state index contributed by atoms with van der Waals surface area (Å²) in [7, 11) is -0.553. The van der Waals surface area contributed by atoms with Gasteiger partial charge in [0.2, 0.25) is 0 Å². The van der Waals surface area contributed by atoms with Crippen molar-refractivity contribution >= 4 is 25.3 Å². The van der Waals surface area contributed by atoms with Gasteiger partial charge >= 0.3 is 0 Å². The fourth-order valence-electron chi connectivity index (χ4n) is 5.04. The summed E-state index contributed by atoms with van der Waals surface area (Å²) in [4.78, 5) is 0. The van der Waals surface area contributed by atoms with Gasteiger partial charge in [-0.1, -0.05) is 123 Å². The first-order valence-electron chi connectivity index (χ1n) is 13.7. The van der Waals surface area contributed by atoms with Crippen LogP contribution in [0.4, 0.5) is 11.4 Å². The number of rotatable bonds is 6. The number of nitrogens with zero attached hydrogens (tertiary/aromatic N) is 1. The van der Waals surface area contributed by atoms with Crippen LogP contribution >= 0.6 is 8.07 Å². The number of aryl methyl sites for hydroxylation is 1. The van der Waals surface area contributed by atoms with E-state index in [1.54, 1.807) is 0 Å². The van der Waals surface area contributed by atoms with Gasteiger partial charge in [0, 0.05) is 22.4 Å². The first kappa shape index (κ1) is 29.1. The predicted molar refractivity (Wildman–Crippen MR) is 166 cm³/mol. The van der Waals surface area contributed by atoms with Crippen LogP contribution in [0.2, 0.25) is 0 Å². The Morgan fingerprint density at radius 1 is 0.676 bits per heavy atom. The molecule has 3 aromatic carbocycles. The lowest BCUT2D eigenvalue weighted by Gasteiger charge is -2.31. The van der Waals surface area contributed by atoms with Gasteiger partial charge in [0.1, 0.15) is 19.4 Å². The van der Waals surface area contributed by atoms with Gasteiger partial charge in [-0.3, -0.25) is 0 Å². The summed E-state index contributed by atoms with van der Waals surface area (Å²) in [5, 5.41) is 4.02. The zero-order valence-electron chi connectivity index (χ0n) is 25.0. The molecule has 0 aliphatic heterocycles. The van der Waals surface area contributed by atoms with E-state index >= 15 is 0 Å². The summed E-state index contributed by atoms with van der Waals surface area (Å²) < 4.78 is 2.68. The quantitative estimate of drug-likeness (QED) is 0.196. The highest BCUT2D eigenvalue weighted by Crippen LogP contribution is 2.52. The van der Waals surface area contributed by atoms with E-state index < -0.39 is 8.07 Å². The second-order valence-electron chi connectivity index (χ2n) is 12.8. The van der Waals surface area contributed by atoms with Crippen molar-refractivity contribution < 1.29 is 4.35 Å². The Kier molecular flexibility index (Phi) is 9.07. The normalized spacial score (nSPS) is 13.4. The smallest absolute Gasteiger partial charge is 0.240 e. The van der Waals surface area contributed by atoms with Gasteiger partial charge in [-0.15, -0.1) is 0 Å². The fraction of sp³-hybridized carbons (Fsp3) is 0.441. The number of nitrogens with one attached hydrogen (secondary N) is 1. The van der Waals surface area contributed by atoms with Crippen LogP contribution in [0.25, 0.3) is 0 Å². The molecule has 0 aromatic heterocycles. The molecule has 1 N–H and O–H groups in total. The number of anilines is 1. The second-order valence-corrected chi connectivity index (χ2v) is 16.0. The number of para-hydroxylation sites is 2. The Balaban J connectivity index is 2.48. The number of hydrogen-bond acceptors (Lipinski definition) is 0. The molecule has 2 nitrogen and oxygen atoms in total. The molecule has 0 radical (unpaired) electrons. The van der Waals surface area contributed by atoms with Crippen LogP contribution in [0.3, 0.4) is 0 Å². The maximum absolute atomic E-state index is 4.02. The molecule has 3 aromatic rings. The summed E-state index contributed by atoms with van der Waals surface area (Å²) in [6.45, 7) is 25.5. The third kappa shape index (κ3) is 6.91. The van der Waals surface area contributed by atoms with Gasteiger partial charge in [-0.25, -0.2) is 9.66 Å². The minimum Gasteiger partial charge on any atom is -0.240 e. The Labute approximate surface area is 228 Å². The van der Waals surface area contributed by atoms with E-state index in [-0.39, 0.29) is 10.8 Å². The topological polar surface area (TPSA) is 15.0 Å². The lowest BCUT2D eigenvalue weighted by Crippen LogP contribution is -2.30. The monoisotopic (exact) mass is 515 g/mol. The first-order valence-corrected chi connectivity index (χ1v) is 15.1. The van der Waals surface area contributed by atoms with Crippen molar-refractivity contribution in [1.82, 2.24) is 0 Å². The van der Waals surface area contributed by atoms with Crippen molar-refractivity contribution in [3.63, 3.8) is 0 Å². The predicted octanol–water partition coefficient (Wildman–Crippen LogP) is 10.0. The van der Waals surface area contributed by atoms with Crippen LogP contribution in [0.5, 0.6) is 0 Å². The molecule has 37 heavy (non-hydrogen) atoms. The highest BCUT2D eigenvalue weighted by atomic mass is 31.1. The van der Waals surface area contributed by atoms with Crippen LogP contribution < -0.4 is 5.32 Å². The molecule has 0 amide bonds. The van der Waals surface area contributed by atoms with Crippen molar-refractivity contribution in [2.75, 3.05) is 5.32 Å². The van der Waals surface area contributed by atoms with Crippen molar-refractivity contribution in [3.8, 4) is 0 Å². The fourth-order valence-corrected chi connectivity index (χ4v) is 7.98. The zero-order chi connectivity index (χ0) is 27.5. The molecule has 3 rings (SSSR count). The molecule has 0 atom stereocenters. The molecule has 198 valence electrons. The Bertz CT molecular complexity index is 1210. The first-order chi connectivity index (χ1) is 17.2. The van der Waals surface area contributed by atoms with E-state index in [2.05, 4.69) is 159 Å². The molecule has 0 spiro atoms. The third-order valence-corrected chi connectivity index (χ3v) is 9.75. The van der Waals surface area contributed by atoms with Crippen molar-refractivity contribution in [2.45, 2.75) is 98.3 Å². The molecule has 0 aliphatic carbocycles. The van der Waals surface area contributed by atoms with Gasteiger partial charge in [0.15, 0.2) is 0 Å². The van der Waals surface area contributed by atoms with Crippen LogP contribution in [0.15, 0.2) is 72.8 Å². The van der Waals surface area contributed by atoms with Gasteiger partial charge in [-0.05, 0) is 42.0 Å². The maximum Gasteiger partial charge on any atom is 0.289 e. The highest BCUT2D eigenvalue weighted by Gasteiger charge is 2.35. The van der Waals surface area contributed by atoms with Crippen LogP contribution in [0.1, 0.15) is 91.5 Å². The van der Waals surface area contributed by atoms with Gasteiger partial charge in [0.25, 0.3) is 5.84 Å². The number of benzene rings is 3. The molecule has 0 saturated heterocycles. The van der Waals surface area contributed by atoms with Gasteiger partial charge in [0.05, 0.1) is 5.56 Å². The standard InChI is InChI=1S/C34H47N2P/c1-24(2)37(25(3)4)36(31-19-15-13-17-29(31)34(9,10)11)32(27-22-20-26(5)21-23-27)35-30-18-14-12-16-28(30)33(6,7)8/h12-25H,1-11H3/p+1. The van der Waals surface area contributed by atoms with E-state index in [1.165, 1.54) is 39.5 Å². The minimum atomic E-state index is -0.553. The van der Waals surface area contributed by atoms with Gasteiger partial charge in [-0.2, -0.15) is 0 Å². The van der Waals surface area contributed by atoms with Crippen molar-refractivity contribution in [3.05, 3.63) is 95.1 Å².